The highest BCUT2D eigenvalue weighted by Crippen LogP contribution is 1.98. The van der Waals surface area contributed by atoms with Crippen molar-refractivity contribution in [2.75, 3.05) is 26.4 Å². The summed E-state index contributed by atoms with van der Waals surface area (Å²) in [7, 11) is 0. The minimum absolute atomic E-state index is 0.106. The molecule has 1 heterocycles. The van der Waals surface area contributed by atoms with Crippen molar-refractivity contribution in [1.29, 1.82) is 5.26 Å². The van der Waals surface area contributed by atoms with Gasteiger partial charge in [-0.15, -0.1) is 0 Å². The Morgan fingerprint density at radius 1 is 1.67 bits per heavy atom. The van der Waals surface area contributed by atoms with Gasteiger partial charge in [-0.1, -0.05) is 0 Å². The van der Waals surface area contributed by atoms with Crippen LogP contribution >= 0.6 is 0 Å². The number of nitriles is 1. The van der Waals surface area contributed by atoms with Crippen molar-refractivity contribution in [3.05, 3.63) is 0 Å². The molecule has 1 rings (SSSR count). The first-order valence-corrected chi connectivity index (χ1v) is 4.15. The monoisotopic (exact) mass is 170 g/mol. The number of nitrogens with one attached hydrogen (secondary N) is 1. The van der Waals surface area contributed by atoms with E-state index in [9.17, 15) is 0 Å². The van der Waals surface area contributed by atoms with E-state index in [2.05, 4.69) is 11.4 Å². The van der Waals surface area contributed by atoms with E-state index in [1.807, 2.05) is 6.92 Å². The van der Waals surface area contributed by atoms with Crippen LogP contribution in [0.25, 0.3) is 0 Å². The molecule has 0 amide bonds. The summed E-state index contributed by atoms with van der Waals surface area (Å²) >= 11 is 0. The zero-order chi connectivity index (χ0) is 8.81. The summed E-state index contributed by atoms with van der Waals surface area (Å²) < 4.78 is 10.6. The van der Waals surface area contributed by atoms with Gasteiger partial charge in [0.2, 0.25) is 0 Å². The van der Waals surface area contributed by atoms with Gasteiger partial charge in [-0.3, -0.25) is 5.32 Å². The van der Waals surface area contributed by atoms with Crippen molar-refractivity contribution in [3.63, 3.8) is 0 Å². The van der Waals surface area contributed by atoms with E-state index in [0.717, 1.165) is 0 Å². The molecule has 2 unspecified atom stereocenters. The first-order chi connectivity index (χ1) is 5.83. The fourth-order valence-electron chi connectivity index (χ4n) is 1.01. The maximum Gasteiger partial charge on any atom is 0.0934 e. The van der Waals surface area contributed by atoms with Crippen LogP contribution < -0.4 is 5.32 Å². The van der Waals surface area contributed by atoms with Crippen molar-refractivity contribution in [3.8, 4) is 6.07 Å². The lowest BCUT2D eigenvalue weighted by atomic mass is 10.3. The summed E-state index contributed by atoms with van der Waals surface area (Å²) in [6, 6.07) is 1.98. The lowest BCUT2D eigenvalue weighted by Crippen LogP contribution is -2.40. The number of hydrogen-bond donors (Lipinski definition) is 1. The third-order valence-corrected chi connectivity index (χ3v) is 1.73. The molecule has 0 aliphatic carbocycles. The highest BCUT2D eigenvalue weighted by Gasteiger charge is 2.14. The number of hydrogen-bond acceptors (Lipinski definition) is 4. The van der Waals surface area contributed by atoms with Gasteiger partial charge in [0.25, 0.3) is 0 Å². The molecule has 1 fully saturated rings. The molecule has 1 N–H and O–H groups in total. The SMILES string of the molecule is CC(C#N)NCC1COCCO1. The van der Waals surface area contributed by atoms with Gasteiger partial charge in [-0.2, -0.15) is 5.26 Å². The van der Waals surface area contributed by atoms with E-state index in [4.69, 9.17) is 14.7 Å². The maximum atomic E-state index is 8.48. The van der Waals surface area contributed by atoms with Crippen molar-refractivity contribution in [2.45, 2.75) is 19.1 Å². The maximum absolute atomic E-state index is 8.48. The molecule has 12 heavy (non-hydrogen) atoms. The molecule has 0 aromatic carbocycles. The van der Waals surface area contributed by atoms with E-state index in [1.165, 1.54) is 0 Å². The molecule has 68 valence electrons. The molecule has 0 radical (unpaired) electrons. The second-order valence-corrected chi connectivity index (χ2v) is 2.83. The molecule has 0 aromatic rings. The van der Waals surface area contributed by atoms with Crippen LogP contribution in [0.5, 0.6) is 0 Å². The second-order valence-electron chi connectivity index (χ2n) is 2.83. The van der Waals surface area contributed by atoms with Crippen LogP contribution in [0.1, 0.15) is 6.92 Å². The van der Waals surface area contributed by atoms with Gasteiger partial charge in [-0.05, 0) is 6.92 Å². The highest BCUT2D eigenvalue weighted by molar-refractivity contribution is 4.86. The van der Waals surface area contributed by atoms with E-state index < -0.39 is 0 Å². The Morgan fingerprint density at radius 3 is 3.08 bits per heavy atom. The molecule has 4 heteroatoms. The lowest BCUT2D eigenvalue weighted by molar-refractivity contribution is -0.0866. The van der Waals surface area contributed by atoms with Gasteiger partial charge in [0.1, 0.15) is 0 Å². The normalized spacial score (nSPS) is 26.2. The minimum atomic E-state index is -0.115. The predicted octanol–water partition coefficient (Wildman–Crippen LogP) is -0.0965. The average molecular weight is 170 g/mol. The molecule has 1 aliphatic rings. The summed E-state index contributed by atoms with van der Waals surface area (Å²) in [5.74, 6) is 0. The number of nitrogens with zero attached hydrogens (tertiary/aromatic N) is 1. The highest BCUT2D eigenvalue weighted by atomic mass is 16.6. The van der Waals surface area contributed by atoms with Crippen LogP contribution in [0, 0.1) is 11.3 Å². The van der Waals surface area contributed by atoms with E-state index in [0.29, 0.717) is 26.4 Å². The van der Waals surface area contributed by atoms with Crippen LogP contribution in [-0.4, -0.2) is 38.5 Å². The van der Waals surface area contributed by atoms with Gasteiger partial charge in [0.15, 0.2) is 0 Å². The van der Waals surface area contributed by atoms with Crippen molar-refractivity contribution < 1.29 is 9.47 Å². The third kappa shape index (κ3) is 3.18. The molecule has 0 saturated carbocycles. The summed E-state index contributed by atoms with van der Waals surface area (Å²) in [6.07, 6.45) is 0.106. The van der Waals surface area contributed by atoms with Crippen molar-refractivity contribution >= 4 is 0 Å². The Hall–Kier alpha value is -0.630. The van der Waals surface area contributed by atoms with E-state index >= 15 is 0 Å². The van der Waals surface area contributed by atoms with E-state index in [1.54, 1.807) is 0 Å². The molecule has 0 spiro atoms. The molecule has 0 bridgehead atoms. The number of rotatable bonds is 3. The van der Waals surface area contributed by atoms with Crippen molar-refractivity contribution in [1.82, 2.24) is 5.32 Å². The summed E-state index contributed by atoms with van der Waals surface area (Å²) in [6.45, 7) is 4.49. The fraction of sp³-hybridized carbons (Fsp3) is 0.875. The quantitative estimate of drug-likeness (QED) is 0.642. The number of ether oxygens (including phenoxy) is 2. The Balaban J connectivity index is 2.10. The lowest BCUT2D eigenvalue weighted by Gasteiger charge is -2.23. The van der Waals surface area contributed by atoms with Gasteiger partial charge < -0.3 is 9.47 Å². The predicted molar refractivity (Wildman–Crippen MR) is 43.6 cm³/mol. The fourth-order valence-corrected chi connectivity index (χ4v) is 1.01. The van der Waals surface area contributed by atoms with Gasteiger partial charge in [0.05, 0.1) is 38.0 Å². The Kier molecular flexibility index (Phi) is 4.01. The molecule has 0 aromatic heterocycles. The first kappa shape index (κ1) is 9.46. The summed E-state index contributed by atoms with van der Waals surface area (Å²) in [5.41, 5.74) is 0. The molecular weight excluding hydrogens is 156 g/mol. The van der Waals surface area contributed by atoms with Crippen LogP contribution in [0.3, 0.4) is 0 Å². The average Bonchev–Trinajstić information content (AvgIpc) is 2.16. The minimum Gasteiger partial charge on any atom is -0.376 e. The molecule has 2 atom stereocenters. The van der Waals surface area contributed by atoms with E-state index in [-0.39, 0.29) is 12.1 Å². The molecule has 4 nitrogen and oxygen atoms in total. The second kappa shape index (κ2) is 5.09. The van der Waals surface area contributed by atoms with Crippen molar-refractivity contribution in [2.24, 2.45) is 0 Å². The Labute approximate surface area is 72.5 Å². The van der Waals surface area contributed by atoms with Crippen LogP contribution in [0.2, 0.25) is 0 Å². The molecular formula is C8H14N2O2. The van der Waals surface area contributed by atoms with Gasteiger partial charge >= 0.3 is 0 Å². The van der Waals surface area contributed by atoms with Crippen LogP contribution in [0.4, 0.5) is 0 Å². The molecule has 1 aliphatic heterocycles. The third-order valence-electron chi connectivity index (χ3n) is 1.73. The van der Waals surface area contributed by atoms with Gasteiger partial charge in [0, 0.05) is 6.54 Å². The standard InChI is InChI=1S/C8H14N2O2/c1-7(4-9)10-5-8-6-11-2-3-12-8/h7-8,10H,2-3,5-6H2,1H3. The zero-order valence-corrected chi connectivity index (χ0v) is 7.25. The Morgan fingerprint density at radius 2 is 2.50 bits per heavy atom. The van der Waals surface area contributed by atoms with Crippen LogP contribution in [-0.2, 0) is 9.47 Å². The van der Waals surface area contributed by atoms with Gasteiger partial charge in [-0.25, -0.2) is 0 Å². The molecule has 1 saturated heterocycles. The van der Waals surface area contributed by atoms with Crippen LogP contribution in [0.15, 0.2) is 0 Å². The zero-order valence-electron chi connectivity index (χ0n) is 7.25. The summed E-state index contributed by atoms with van der Waals surface area (Å²) in [5, 5.41) is 11.5. The largest absolute Gasteiger partial charge is 0.376 e. The summed E-state index contributed by atoms with van der Waals surface area (Å²) in [4.78, 5) is 0. The smallest absolute Gasteiger partial charge is 0.0934 e. The Bertz CT molecular complexity index is 161. The topological polar surface area (TPSA) is 54.3 Å². The first-order valence-electron chi connectivity index (χ1n) is 4.15.